The number of rotatable bonds is 2. The van der Waals surface area contributed by atoms with Crippen molar-refractivity contribution < 1.29 is 14.3 Å². The van der Waals surface area contributed by atoms with Gasteiger partial charge in [0.25, 0.3) is 0 Å². The number of ether oxygens (including phenoxy) is 1. The zero-order valence-corrected chi connectivity index (χ0v) is 15.1. The van der Waals surface area contributed by atoms with Crippen LogP contribution in [0.4, 0.5) is 0 Å². The molecular formula is C22H26O3. The molecular weight excluding hydrogens is 312 g/mol. The molecule has 0 aromatic heterocycles. The van der Waals surface area contributed by atoms with Crippen molar-refractivity contribution >= 4 is 11.8 Å². The predicted molar refractivity (Wildman–Crippen MR) is 96.8 cm³/mol. The summed E-state index contributed by atoms with van der Waals surface area (Å²) >= 11 is 0. The molecule has 25 heavy (non-hydrogen) atoms. The van der Waals surface area contributed by atoms with Crippen LogP contribution in [0, 0.1) is 17.3 Å². The first kappa shape index (κ1) is 16.6. The highest BCUT2D eigenvalue weighted by Gasteiger charge is 2.49. The van der Waals surface area contributed by atoms with Crippen molar-refractivity contribution in [3.8, 4) is 0 Å². The Morgan fingerprint density at radius 2 is 2.12 bits per heavy atom. The average molecular weight is 338 g/mol. The van der Waals surface area contributed by atoms with E-state index in [1.807, 2.05) is 13.0 Å². The minimum absolute atomic E-state index is 0.0345. The number of ketones is 1. The minimum atomic E-state index is -0.211. The molecule has 0 N–H and O–H groups in total. The summed E-state index contributed by atoms with van der Waals surface area (Å²) in [6, 6.07) is 0. The van der Waals surface area contributed by atoms with Gasteiger partial charge in [-0.3, -0.25) is 4.79 Å². The summed E-state index contributed by atoms with van der Waals surface area (Å²) in [6.45, 7) is 4.55. The van der Waals surface area contributed by atoms with Gasteiger partial charge in [0.05, 0.1) is 6.61 Å². The highest BCUT2D eigenvalue weighted by molar-refractivity contribution is 5.93. The van der Waals surface area contributed by atoms with Gasteiger partial charge in [-0.25, -0.2) is 4.79 Å². The molecule has 1 fully saturated rings. The number of carbonyl (C=O) groups is 2. The number of fused-ring (bicyclic) bond motifs is 4. The molecule has 0 aliphatic heterocycles. The Bertz CT molecular complexity index is 749. The predicted octanol–water partition coefficient (Wildman–Crippen LogP) is 4.46. The van der Waals surface area contributed by atoms with Gasteiger partial charge in [0.1, 0.15) is 0 Å². The van der Waals surface area contributed by atoms with E-state index in [9.17, 15) is 9.59 Å². The maximum atomic E-state index is 11.9. The van der Waals surface area contributed by atoms with Crippen LogP contribution in [-0.2, 0) is 14.3 Å². The molecule has 4 rings (SSSR count). The van der Waals surface area contributed by atoms with E-state index < -0.39 is 0 Å². The molecule has 0 heterocycles. The maximum absolute atomic E-state index is 11.9. The van der Waals surface area contributed by atoms with Crippen molar-refractivity contribution in [3.05, 3.63) is 46.6 Å². The molecule has 0 bridgehead atoms. The molecule has 0 radical (unpaired) electrons. The molecule has 0 saturated heterocycles. The van der Waals surface area contributed by atoms with E-state index in [1.54, 1.807) is 6.08 Å². The number of hydrogen-bond donors (Lipinski definition) is 0. The average Bonchev–Trinajstić information content (AvgIpc) is 2.91. The van der Waals surface area contributed by atoms with E-state index in [0.29, 0.717) is 24.9 Å². The summed E-state index contributed by atoms with van der Waals surface area (Å²) in [4.78, 5) is 23.7. The first-order chi connectivity index (χ1) is 12.0. The van der Waals surface area contributed by atoms with Crippen LogP contribution in [-0.4, -0.2) is 18.4 Å². The van der Waals surface area contributed by atoms with E-state index in [0.717, 1.165) is 32.1 Å². The largest absolute Gasteiger partial charge is 0.463 e. The normalized spacial score (nSPS) is 35.2. The van der Waals surface area contributed by atoms with Crippen molar-refractivity contribution in [2.45, 2.75) is 52.4 Å². The smallest absolute Gasteiger partial charge is 0.330 e. The molecule has 3 nitrogen and oxygen atoms in total. The molecule has 4 aliphatic carbocycles. The molecule has 0 unspecified atom stereocenters. The lowest BCUT2D eigenvalue weighted by Crippen LogP contribution is -2.34. The van der Waals surface area contributed by atoms with Crippen molar-refractivity contribution in [1.82, 2.24) is 0 Å². The molecule has 0 aromatic rings. The van der Waals surface area contributed by atoms with Gasteiger partial charge in [0, 0.05) is 17.9 Å². The third-order valence-electron chi connectivity index (χ3n) is 6.68. The fraction of sp³-hybridized carbons (Fsp3) is 0.545. The highest BCUT2D eigenvalue weighted by atomic mass is 16.5. The Hall–Kier alpha value is -1.90. The molecule has 0 amide bonds. The summed E-state index contributed by atoms with van der Waals surface area (Å²) in [5.41, 5.74) is 5.35. The molecule has 0 spiro atoms. The molecule has 132 valence electrons. The molecule has 4 aliphatic rings. The Morgan fingerprint density at radius 1 is 1.28 bits per heavy atom. The van der Waals surface area contributed by atoms with Crippen LogP contribution in [0.2, 0.25) is 0 Å². The third-order valence-corrected chi connectivity index (χ3v) is 6.68. The Kier molecular flexibility index (Phi) is 4.05. The standard InChI is InChI=1S/C22H26O3/c1-3-25-21(24)13-15-5-9-20-19-7-4-14-12-16(23)6-8-17(14)18(19)10-11-22(15,20)2/h10-13,19-20H,3-9H2,1-2H3/b15-13+/t19-,20+,22-/m1/s1. The van der Waals surface area contributed by atoms with Crippen molar-refractivity contribution in [3.63, 3.8) is 0 Å². The lowest BCUT2D eigenvalue weighted by atomic mass is 9.60. The fourth-order valence-electron chi connectivity index (χ4n) is 5.43. The Balaban J connectivity index is 1.71. The Labute approximate surface area is 149 Å². The summed E-state index contributed by atoms with van der Waals surface area (Å²) in [6.07, 6.45) is 14.0. The minimum Gasteiger partial charge on any atom is -0.463 e. The van der Waals surface area contributed by atoms with E-state index in [-0.39, 0.29) is 17.2 Å². The lowest BCUT2D eigenvalue weighted by Gasteiger charge is -2.44. The van der Waals surface area contributed by atoms with E-state index in [1.165, 1.54) is 22.3 Å². The number of carbonyl (C=O) groups excluding carboxylic acids is 2. The summed E-state index contributed by atoms with van der Waals surface area (Å²) in [5.74, 6) is 1.18. The van der Waals surface area contributed by atoms with Gasteiger partial charge < -0.3 is 4.74 Å². The SMILES string of the molecule is CCOC(=O)/C=C1\CC[C@H]2[C@@H]3CCC4=CC(=O)CCC4=C3C=C[C@]12C. The van der Waals surface area contributed by atoms with Crippen LogP contribution in [0.1, 0.15) is 52.4 Å². The quantitative estimate of drug-likeness (QED) is 0.551. The van der Waals surface area contributed by atoms with Gasteiger partial charge in [-0.15, -0.1) is 0 Å². The highest BCUT2D eigenvalue weighted by Crippen LogP contribution is 2.59. The first-order valence-corrected chi connectivity index (χ1v) is 9.56. The second kappa shape index (κ2) is 6.12. The van der Waals surface area contributed by atoms with Crippen LogP contribution in [0.25, 0.3) is 0 Å². The third kappa shape index (κ3) is 2.65. The zero-order chi connectivity index (χ0) is 17.6. The second-order valence-corrected chi connectivity index (χ2v) is 7.90. The van der Waals surface area contributed by atoms with Crippen LogP contribution in [0.15, 0.2) is 46.6 Å². The first-order valence-electron chi connectivity index (χ1n) is 9.56. The summed E-state index contributed by atoms with van der Waals surface area (Å²) < 4.78 is 5.13. The van der Waals surface area contributed by atoms with Crippen molar-refractivity contribution in [2.75, 3.05) is 6.61 Å². The van der Waals surface area contributed by atoms with Crippen molar-refractivity contribution in [1.29, 1.82) is 0 Å². The number of esters is 1. The topological polar surface area (TPSA) is 43.4 Å². The molecule has 0 aromatic carbocycles. The summed E-state index contributed by atoms with van der Waals surface area (Å²) in [5, 5.41) is 0. The summed E-state index contributed by atoms with van der Waals surface area (Å²) in [7, 11) is 0. The second-order valence-electron chi connectivity index (χ2n) is 7.90. The lowest BCUT2D eigenvalue weighted by molar-refractivity contribution is -0.137. The van der Waals surface area contributed by atoms with Gasteiger partial charge in [-0.1, -0.05) is 24.6 Å². The van der Waals surface area contributed by atoms with Gasteiger partial charge in [0.2, 0.25) is 0 Å². The van der Waals surface area contributed by atoms with E-state index in [2.05, 4.69) is 19.1 Å². The monoisotopic (exact) mass is 338 g/mol. The zero-order valence-electron chi connectivity index (χ0n) is 15.1. The number of allylic oxidation sites excluding steroid dienone is 7. The molecule has 3 heteroatoms. The van der Waals surface area contributed by atoms with Gasteiger partial charge in [-0.05, 0) is 73.7 Å². The van der Waals surface area contributed by atoms with Crippen LogP contribution in [0.5, 0.6) is 0 Å². The van der Waals surface area contributed by atoms with Gasteiger partial charge in [0.15, 0.2) is 5.78 Å². The fourth-order valence-corrected chi connectivity index (χ4v) is 5.43. The van der Waals surface area contributed by atoms with E-state index >= 15 is 0 Å². The Morgan fingerprint density at radius 3 is 2.92 bits per heavy atom. The van der Waals surface area contributed by atoms with Crippen LogP contribution >= 0.6 is 0 Å². The molecule has 1 saturated carbocycles. The van der Waals surface area contributed by atoms with Crippen LogP contribution < -0.4 is 0 Å². The van der Waals surface area contributed by atoms with Gasteiger partial charge >= 0.3 is 5.97 Å². The van der Waals surface area contributed by atoms with Crippen molar-refractivity contribution in [2.24, 2.45) is 17.3 Å². The van der Waals surface area contributed by atoms with E-state index in [4.69, 9.17) is 4.74 Å². The van der Waals surface area contributed by atoms with Crippen LogP contribution in [0.3, 0.4) is 0 Å². The molecule has 3 atom stereocenters. The number of hydrogen-bond acceptors (Lipinski definition) is 3. The van der Waals surface area contributed by atoms with Gasteiger partial charge in [-0.2, -0.15) is 0 Å². The maximum Gasteiger partial charge on any atom is 0.330 e.